The Morgan fingerprint density at radius 2 is 2.17 bits per heavy atom. The zero-order valence-corrected chi connectivity index (χ0v) is 12.1. The molecule has 1 heterocycles. The molecular weight excluding hydrogens is 294 g/mol. The molecule has 1 fully saturated rings. The predicted octanol–water partition coefficient (Wildman–Crippen LogP) is 2.95. The van der Waals surface area contributed by atoms with Crippen molar-refractivity contribution in [2.24, 2.45) is 5.92 Å². The van der Waals surface area contributed by atoms with E-state index in [4.69, 9.17) is 4.74 Å². The van der Waals surface area contributed by atoms with Gasteiger partial charge in [0, 0.05) is 30.2 Å². The fourth-order valence-corrected chi connectivity index (χ4v) is 2.66. The molecule has 1 aromatic rings. The number of rotatable bonds is 3. The molecule has 3 nitrogen and oxygen atoms in total. The van der Waals surface area contributed by atoms with Crippen LogP contribution in [0.4, 0.5) is 0 Å². The number of hydrogen-bond acceptors (Lipinski definition) is 2. The summed E-state index contributed by atoms with van der Waals surface area (Å²) in [4.78, 5) is 14.3. The number of nitrogens with zero attached hydrogens (tertiary/aromatic N) is 1. The molecule has 4 heteroatoms. The third-order valence-electron chi connectivity index (χ3n) is 3.30. The fourth-order valence-electron chi connectivity index (χ4n) is 2.40. The van der Waals surface area contributed by atoms with Gasteiger partial charge in [-0.2, -0.15) is 0 Å². The van der Waals surface area contributed by atoms with Crippen LogP contribution in [0.15, 0.2) is 28.7 Å². The minimum Gasteiger partial charge on any atom is -0.384 e. The molecule has 1 unspecified atom stereocenters. The Morgan fingerprint density at radius 3 is 2.83 bits per heavy atom. The van der Waals surface area contributed by atoms with Gasteiger partial charge in [-0.15, -0.1) is 0 Å². The Kier molecular flexibility index (Phi) is 4.78. The highest BCUT2D eigenvalue weighted by Gasteiger charge is 2.24. The van der Waals surface area contributed by atoms with E-state index in [2.05, 4.69) is 15.9 Å². The summed E-state index contributed by atoms with van der Waals surface area (Å²) in [6.07, 6.45) is 2.22. The topological polar surface area (TPSA) is 29.5 Å². The summed E-state index contributed by atoms with van der Waals surface area (Å²) in [6.45, 7) is 2.40. The van der Waals surface area contributed by atoms with Crippen LogP contribution >= 0.6 is 15.9 Å². The fraction of sp³-hybridized carbons (Fsp3) is 0.500. The largest absolute Gasteiger partial charge is 0.384 e. The lowest BCUT2D eigenvalue weighted by molar-refractivity contribution is 0.0571. The maximum atomic E-state index is 12.3. The SMILES string of the molecule is COCC1CCCN(C(=O)c2ccc(Br)cc2)C1. The third-order valence-corrected chi connectivity index (χ3v) is 3.83. The van der Waals surface area contributed by atoms with Crippen LogP contribution in [0.3, 0.4) is 0 Å². The summed E-state index contributed by atoms with van der Waals surface area (Å²) in [5, 5.41) is 0. The van der Waals surface area contributed by atoms with Crippen LogP contribution in [0.1, 0.15) is 23.2 Å². The van der Waals surface area contributed by atoms with Gasteiger partial charge in [0.2, 0.25) is 0 Å². The normalized spacial score (nSPS) is 19.9. The van der Waals surface area contributed by atoms with Gasteiger partial charge in [-0.3, -0.25) is 4.79 Å². The summed E-state index contributed by atoms with van der Waals surface area (Å²) in [5.41, 5.74) is 0.760. The van der Waals surface area contributed by atoms with Crippen molar-refractivity contribution >= 4 is 21.8 Å². The highest BCUT2D eigenvalue weighted by Crippen LogP contribution is 2.19. The maximum Gasteiger partial charge on any atom is 0.253 e. The minimum atomic E-state index is 0.128. The quantitative estimate of drug-likeness (QED) is 0.859. The molecular formula is C14H18BrNO2. The smallest absolute Gasteiger partial charge is 0.253 e. The van der Waals surface area contributed by atoms with Gasteiger partial charge < -0.3 is 9.64 Å². The zero-order chi connectivity index (χ0) is 13.0. The summed E-state index contributed by atoms with van der Waals surface area (Å²) in [6, 6.07) is 7.55. The second-order valence-electron chi connectivity index (χ2n) is 4.72. The average molecular weight is 312 g/mol. The first-order valence-electron chi connectivity index (χ1n) is 6.24. The van der Waals surface area contributed by atoms with E-state index < -0.39 is 0 Å². The third kappa shape index (κ3) is 3.33. The Bertz CT molecular complexity index is 403. The first-order valence-corrected chi connectivity index (χ1v) is 7.04. The molecule has 0 spiro atoms. The molecule has 1 aliphatic rings. The van der Waals surface area contributed by atoms with Gasteiger partial charge in [-0.05, 0) is 43.0 Å². The van der Waals surface area contributed by atoms with Crippen molar-refractivity contribution in [3.63, 3.8) is 0 Å². The van der Waals surface area contributed by atoms with Crippen molar-refractivity contribution in [1.29, 1.82) is 0 Å². The first-order chi connectivity index (χ1) is 8.70. The lowest BCUT2D eigenvalue weighted by atomic mass is 9.98. The molecule has 2 rings (SSSR count). The summed E-state index contributed by atoms with van der Waals surface area (Å²) >= 11 is 3.38. The van der Waals surface area contributed by atoms with E-state index in [0.717, 1.165) is 42.6 Å². The van der Waals surface area contributed by atoms with Gasteiger partial charge in [-0.1, -0.05) is 15.9 Å². The number of methoxy groups -OCH3 is 1. The molecule has 0 saturated carbocycles. The van der Waals surface area contributed by atoms with Gasteiger partial charge in [0.1, 0.15) is 0 Å². The van der Waals surface area contributed by atoms with Gasteiger partial charge in [0.25, 0.3) is 5.91 Å². The van der Waals surface area contributed by atoms with Crippen LogP contribution in [0, 0.1) is 5.92 Å². The second-order valence-corrected chi connectivity index (χ2v) is 5.64. The van der Waals surface area contributed by atoms with Crippen LogP contribution in [-0.2, 0) is 4.74 Å². The van der Waals surface area contributed by atoms with Crippen molar-refractivity contribution in [2.75, 3.05) is 26.8 Å². The summed E-state index contributed by atoms with van der Waals surface area (Å²) in [7, 11) is 1.72. The lowest BCUT2D eigenvalue weighted by Gasteiger charge is -2.32. The van der Waals surface area contributed by atoms with Crippen LogP contribution in [0.5, 0.6) is 0 Å². The van der Waals surface area contributed by atoms with Crippen molar-refractivity contribution < 1.29 is 9.53 Å². The molecule has 1 atom stereocenters. The van der Waals surface area contributed by atoms with E-state index in [0.29, 0.717) is 5.92 Å². The van der Waals surface area contributed by atoms with Crippen LogP contribution in [-0.4, -0.2) is 37.6 Å². The van der Waals surface area contributed by atoms with Gasteiger partial charge in [0.05, 0.1) is 6.61 Å². The lowest BCUT2D eigenvalue weighted by Crippen LogP contribution is -2.41. The Hall–Kier alpha value is -0.870. The van der Waals surface area contributed by atoms with Crippen molar-refractivity contribution in [1.82, 2.24) is 4.90 Å². The molecule has 1 amide bonds. The Morgan fingerprint density at radius 1 is 1.44 bits per heavy atom. The van der Waals surface area contributed by atoms with E-state index in [1.165, 1.54) is 0 Å². The number of benzene rings is 1. The molecule has 1 saturated heterocycles. The number of amides is 1. The summed E-state index contributed by atoms with van der Waals surface area (Å²) < 4.78 is 6.18. The van der Waals surface area contributed by atoms with E-state index >= 15 is 0 Å². The van der Waals surface area contributed by atoms with E-state index in [1.54, 1.807) is 7.11 Å². The molecule has 0 radical (unpaired) electrons. The highest BCUT2D eigenvalue weighted by molar-refractivity contribution is 9.10. The number of carbonyl (C=O) groups is 1. The van der Waals surface area contributed by atoms with E-state index in [-0.39, 0.29) is 5.91 Å². The first kappa shape index (κ1) is 13.6. The molecule has 0 bridgehead atoms. The van der Waals surface area contributed by atoms with Crippen LogP contribution in [0.2, 0.25) is 0 Å². The van der Waals surface area contributed by atoms with Crippen molar-refractivity contribution in [2.45, 2.75) is 12.8 Å². The van der Waals surface area contributed by atoms with Gasteiger partial charge >= 0.3 is 0 Å². The zero-order valence-electron chi connectivity index (χ0n) is 10.6. The van der Waals surface area contributed by atoms with Gasteiger partial charge in [-0.25, -0.2) is 0 Å². The molecule has 0 N–H and O–H groups in total. The minimum absolute atomic E-state index is 0.128. The number of halogens is 1. The standard InChI is InChI=1S/C14H18BrNO2/c1-18-10-11-3-2-8-16(9-11)14(17)12-4-6-13(15)7-5-12/h4-7,11H,2-3,8-10H2,1H3. The Labute approximate surface area is 116 Å². The number of likely N-dealkylation sites (tertiary alicyclic amines) is 1. The molecule has 1 aliphatic heterocycles. The van der Waals surface area contributed by atoms with E-state index in [1.807, 2.05) is 29.2 Å². The van der Waals surface area contributed by atoms with E-state index in [9.17, 15) is 4.79 Å². The number of hydrogen-bond donors (Lipinski definition) is 0. The monoisotopic (exact) mass is 311 g/mol. The molecule has 98 valence electrons. The Balaban J connectivity index is 2.02. The van der Waals surface area contributed by atoms with Crippen LogP contribution < -0.4 is 0 Å². The van der Waals surface area contributed by atoms with Crippen molar-refractivity contribution in [3.05, 3.63) is 34.3 Å². The molecule has 0 aromatic heterocycles. The highest BCUT2D eigenvalue weighted by atomic mass is 79.9. The number of piperidine rings is 1. The maximum absolute atomic E-state index is 12.3. The number of carbonyl (C=O) groups excluding carboxylic acids is 1. The molecule has 18 heavy (non-hydrogen) atoms. The molecule has 0 aliphatic carbocycles. The average Bonchev–Trinajstić information content (AvgIpc) is 2.39. The van der Waals surface area contributed by atoms with Gasteiger partial charge in [0.15, 0.2) is 0 Å². The summed E-state index contributed by atoms with van der Waals surface area (Å²) in [5.74, 6) is 0.603. The van der Waals surface area contributed by atoms with Crippen molar-refractivity contribution in [3.8, 4) is 0 Å². The number of ether oxygens (including phenoxy) is 1. The second kappa shape index (κ2) is 6.34. The molecule has 1 aromatic carbocycles. The van der Waals surface area contributed by atoms with Crippen LogP contribution in [0.25, 0.3) is 0 Å². The predicted molar refractivity (Wildman–Crippen MR) is 74.6 cm³/mol.